The van der Waals surface area contributed by atoms with Crippen LogP contribution in [-0.2, 0) is 6.54 Å². The van der Waals surface area contributed by atoms with Crippen molar-refractivity contribution in [3.63, 3.8) is 0 Å². The number of hydrogen-bond acceptors (Lipinski definition) is 5. The number of rotatable bonds is 3. The Kier molecular flexibility index (Phi) is 2.97. The van der Waals surface area contributed by atoms with Gasteiger partial charge in [0.05, 0.1) is 6.54 Å². The minimum atomic E-state index is -0.786. The third-order valence-electron chi connectivity index (χ3n) is 2.66. The molecule has 0 aliphatic carbocycles. The highest BCUT2D eigenvalue weighted by Gasteiger charge is 2.31. The molecule has 0 radical (unpaired) electrons. The molecule has 2 N–H and O–H groups in total. The maximum atomic E-state index is 13.2. The van der Waals surface area contributed by atoms with Crippen LogP contribution in [0.4, 0.5) is 4.39 Å². The lowest BCUT2D eigenvalue weighted by atomic mass is 10.2. The monoisotopic (exact) mass is 214 g/mol. The van der Waals surface area contributed by atoms with Gasteiger partial charge in [-0.1, -0.05) is 5.16 Å². The van der Waals surface area contributed by atoms with E-state index in [4.69, 9.17) is 10.3 Å². The van der Waals surface area contributed by atoms with Crippen molar-refractivity contribution in [1.29, 1.82) is 0 Å². The van der Waals surface area contributed by atoms with E-state index in [1.54, 1.807) is 6.92 Å². The molecule has 1 aromatic rings. The average Bonchev–Trinajstić information content (AvgIpc) is 2.73. The van der Waals surface area contributed by atoms with E-state index >= 15 is 0 Å². The lowest BCUT2D eigenvalue weighted by Gasteiger charge is -2.20. The summed E-state index contributed by atoms with van der Waals surface area (Å²) in [6.45, 7) is 3.13. The van der Waals surface area contributed by atoms with Crippen LogP contribution < -0.4 is 5.73 Å². The standard InChI is InChI=1S/C9H15FN4O/c1-6-12-9(13-15-6)5-14-4-7(10)2-8(14)3-11/h7-8H,2-5,11H2,1H3/t7-,8-/m0/s1. The van der Waals surface area contributed by atoms with Crippen LogP contribution >= 0.6 is 0 Å². The molecule has 1 saturated heterocycles. The second kappa shape index (κ2) is 4.24. The first-order valence-electron chi connectivity index (χ1n) is 5.06. The normalized spacial score (nSPS) is 27.4. The number of halogens is 1. The topological polar surface area (TPSA) is 68.2 Å². The number of aromatic nitrogens is 2. The van der Waals surface area contributed by atoms with E-state index < -0.39 is 6.17 Å². The van der Waals surface area contributed by atoms with Gasteiger partial charge in [0.2, 0.25) is 5.89 Å². The Hall–Kier alpha value is -1.01. The molecule has 15 heavy (non-hydrogen) atoms. The largest absolute Gasteiger partial charge is 0.340 e. The van der Waals surface area contributed by atoms with Crippen LogP contribution in [0.15, 0.2) is 4.52 Å². The lowest BCUT2D eigenvalue weighted by Crippen LogP contribution is -2.35. The molecular formula is C9H15FN4O. The second-order valence-corrected chi connectivity index (χ2v) is 3.88. The fraction of sp³-hybridized carbons (Fsp3) is 0.778. The zero-order valence-electron chi connectivity index (χ0n) is 8.69. The van der Waals surface area contributed by atoms with Crippen molar-refractivity contribution in [1.82, 2.24) is 15.0 Å². The van der Waals surface area contributed by atoms with Crippen molar-refractivity contribution >= 4 is 0 Å². The fourth-order valence-corrected chi connectivity index (χ4v) is 1.95. The first kappa shape index (κ1) is 10.5. The van der Waals surface area contributed by atoms with Gasteiger partial charge in [-0.05, 0) is 6.42 Å². The smallest absolute Gasteiger partial charge is 0.223 e. The lowest BCUT2D eigenvalue weighted by molar-refractivity contribution is 0.229. The quantitative estimate of drug-likeness (QED) is 0.781. The van der Waals surface area contributed by atoms with Gasteiger partial charge in [-0.2, -0.15) is 4.98 Å². The van der Waals surface area contributed by atoms with Crippen LogP contribution in [0.1, 0.15) is 18.1 Å². The Morgan fingerprint density at radius 2 is 2.47 bits per heavy atom. The molecule has 0 amide bonds. The molecule has 1 fully saturated rings. The van der Waals surface area contributed by atoms with Gasteiger partial charge in [-0.15, -0.1) is 0 Å². The second-order valence-electron chi connectivity index (χ2n) is 3.88. The van der Waals surface area contributed by atoms with E-state index in [1.165, 1.54) is 0 Å². The number of nitrogens with two attached hydrogens (primary N) is 1. The van der Waals surface area contributed by atoms with Crippen molar-refractivity contribution in [3.05, 3.63) is 11.7 Å². The van der Waals surface area contributed by atoms with E-state index in [0.29, 0.717) is 37.8 Å². The van der Waals surface area contributed by atoms with Gasteiger partial charge in [0.25, 0.3) is 0 Å². The molecule has 2 rings (SSSR count). The van der Waals surface area contributed by atoms with E-state index in [-0.39, 0.29) is 6.04 Å². The summed E-state index contributed by atoms with van der Waals surface area (Å²) in [4.78, 5) is 6.05. The maximum absolute atomic E-state index is 13.2. The zero-order valence-corrected chi connectivity index (χ0v) is 8.69. The van der Waals surface area contributed by atoms with Crippen LogP contribution in [0.25, 0.3) is 0 Å². The summed E-state index contributed by atoms with van der Waals surface area (Å²) in [6, 6.07) is 0.0961. The highest BCUT2D eigenvalue weighted by molar-refractivity contribution is 4.91. The molecular weight excluding hydrogens is 199 g/mol. The van der Waals surface area contributed by atoms with Gasteiger partial charge >= 0.3 is 0 Å². The summed E-state index contributed by atoms with van der Waals surface area (Å²) >= 11 is 0. The van der Waals surface area contributed by atoms with Crippen LogP contribution in [-0.4, -0.2) is 40.3 Å². The number of nitrogens with zero attached hydrogens (tertiary/aromatic N) is 3. The third-order valence-corrected chi connectivity index (χ3v) is 2.66. The summed E-state index contributed by atoms with van der Waals surface area (Å²) in [5, 5.41) is 3.78. The van der Waals surface area contributed by atoms with Crippen molar-refractivity contribution in [3.8, 4) is 0 Å². The number of hydrogen-bond donors (Lipinski definition) is 1. The Morgan fingerprint density at radius 3 is 3.07 bits per heavy atom. The van der Waals surface area contributed by atoms with Gasteiger partial charge in [-0.25, -0.2) is 4.39 Å². The summed E-state index contributed by atoms with van der Waals surface area (Å²) in [6.07, 6.45) is -0.278. The molecule has 0 bridgehead atoms. The third kappa shape index (κ3) is 2.32. The van der Waals surface area contributed by atoms with Crippen LogP contribution in [0.3, 0.4) is 0 Å². The molecule has 5 nitrogen and oxygen atoms in total. The molecule has 0 aromatic carbocycles. The summed E-state index contributed by atoms with van der Waals surface area (Å²) in [7, 11) is 0. The van der Waals surface area contributed by atoms with Crippen molar-refractivity contribution in [2.24, 2.45) is 5.73 Å². The summed E-state index contributed by atoms with van der Waals surface area (Å²) in [5.74, 6) is 1.13. The predicted octanol–water partition coefficient (Wildman–Crippen LogP) is 0.249. The Balaban J connectivity index is 1.99. The SMILES string of the molecule is Cc1nc(CN2C[C@@H](F)C[C@H]2CN)no1. The Bertz CT molecular complexity index is 330. The highest BCUT2D eigenvalue weighted by atomic mass is 19.1. The van der Waals surface area contributed by atoms with Gasteiger partial charge < -0.3 is 10.3 Å². The van der Waals surface area contributed by atoms with Gasteiger partial charge in [0.1, 0.15) is 6.17 Å². The molecule has 2 heterocycles. The average molecular weight is 214 g/mol. The van der Waals surface area contributed by atoms with E-state index in [0.717, 1.165) is 0 Å². The first-order valence-corrected chi connectivity index (χ1v) is 5.06. The maximum Gasteiger partial charge on any atom is 0.223 e. The molecule has 6 heteroatoms. The molecule has 2 atom stereocenters. The molecule has 84 valence electrons. The molecule has 1 aliphatic heterocycles. The van der Waals surface area contributed by atoms with Gasteiger partial charge in [0.15, 0.2) is 5.82 Å². The van der Waals surface area contributed by atoms with Crippen LogP contribution in [0.2, 0.25) is 0 Å². The van der Waals surface area contributed by atoms with Gasteiger partial charge in [-0.3, -0.25) is 4.90 Å². The molecule has 1 aliphatic rings. The van der Waals surface area contributed by atoms with Crippen molar-refractivity contribution < 1.29 is 8.91 Å². The molecule has 0 unspecified atom stereocenters. The highest BCUT2D eigenvalue weighted by Crippen LogP contribution is 2.21. The number of likely N-dealkylation sites (tertiary alicyclic amines) is 1. The zero-order chi connectivity index (χ0) is 10.8. The summed E-state index contributed by atoms with van der Waals surface area (Å²) in [5.41, 5.74) is 5.57. The van der Waals surface area contributed by atoms with E-state index in [2.05, 4.69) is 10.1 Å². The minimum absolute atomic E-state index is 0.0961. The van der Waals surface area contributed by atoms with Crippen molar-refractivity contribution in [2.45, 2.75) is 32.1 Å². The number of aryl methyl sites for hydroxylation is 1. The van der Waals surface area contributed by atoms with Crippen molar-refractivity contribution in [2.75, 3.05) is 13.1 Å². The van der Waals surface area contributed by atoms with Crippen LogP contribution in [0, 0.1) is 6.92 Å². The molecule has 0 spiro atoms. The van der Waals surface area contributed by atoms with E-state index in [1.807, 2.05) is 4.90 Å². The first-order chi connectivity index (χ1) is 7.19. The predicted molar refractivity (Wildman–Crippen MR) is 51.8 cm³/mol. The fourth-order valence-electron chi connectivity index (χ4n) is 1.95. The summed E-state index contributed by atoms with van der Waals surface area (Å²) < 4.78 is 18.0. The Morgan fingerprint density at radius 1 is 1.67 bits per heavy atom. The molecule has 1 aromatic heterocycles. The van der Waals surface area contributed by atoms with Crippen LogP contribution in [0.5, 0.6) is 0 Å². The minimum Gasteiger partial charge on any atom is -0.340 e. The Labute approximate surface area is 87.4 Å². The molecule has 0 saturated carbocycles. The van der Waals surface area contributed by atoms with E-state index in [9.17, 15) is 4.39 Å². The number of alkyl halides is 1. The van der Waals surface area contributed by atoms with Gasteiger partial charge in [0, 0.05) is 26.1 Å².